The second-order valence-electron chi connectivity index (χ2n) is 3.03. The number of piperidine rings is 1. The first-order chi connectivity index (χ1) is 5.24. The maximum absolute atomic E-state index is 5.57. The minimum atomic E-state index is -0.158. The van der Waals surface area contributed by atoms with Gasteiger partial charge in [-0.15, -0.1) is 0 Å². The van der Waals surface area contributed by atoms with Crippen LogP contribution in [-0.4, -0.2) is 31.4 Å². The van der Waals surface area contributed by atoms with Gasteiger partial charge in [0.25, 0.3) is 0 Å². The highest BCUT2D eigenvalue weighted by atomic mass is 16.7. The zero-order valence-corrected chi connectivity index (χ0v) is 6.99. The molecule has 4 nitrogen and oxygen atoms in total. The molecule has 4 N–H and O–H groups in total. The van der Waals surface area contributed by atoms with Gasteiger partial charge in [-0.1, -0.05) is 0 Å². The number of nitrogens with zero attached hydrogens (tertiary/aromatic N) is 1. The van der Waals surface area contributed by atoms with E-state index < -0.39 is 0 Å². The molecule has 0 unspecified atom stereocenters. The molecule has 0 amide bonds. The summed E-state index contributed by atoms with van der Waals surface area (Å²) >= 11 is 0. The van der Waals surface area contributed by atoms with E-state index in [1.165, 1.54) is 0 Å². The molecule has 0 bridgehead atoms. The van der Waals surface area contributed by atoms with Gasteiger partial charge >= 0.3 is 0 Å². The molecule has 0 aromatic carbocycles. The topological polar surface area (TPSA) is 64.5 Å². The van der Waals surface area contributed by atoms with E-state index >= 15 is 0 Å². The van der Waals surface area contributed by atoms with Crippen LogP contribution in [0.1, 0.15) is 12.8 Å². The van der Waals surface area contributed by atoms with Gasteiger partial charge in [-0.3, -0.25) is 0 Å². The van der Waals surface area contributed by atoms with Crippen molar-refractivity contribution < 1.29 is 4.84 Å². The van der Waals surface area contributed by atoms with Crippen molar-refractivity contribution in [2.24, 2.45) is 17.4 Å². The lowest BCUT2D eigenvalue weighted by Gasteiger charge is -2.31. The summed E-state index contributed by atoms with van der Waals surface area (Å²) in [6, 6.07) is 0. The smallest absolute Gasteiger partial charge is 0.0575 e. The summed E-state index contributed by atoms with van der Waals surface area (Å²) in [6.07, 6.45) is 1.94. The summed E-state index contributed by atoms with van der Waals surface area (Å²) in [5.74, 6) is 0.474. The third kappa shape index (κ3) is 2.41. The number of hydroxylamine groups is 2. The molecule has 0 aliphatic carbocycles. The number of hydrogen-bond donors (Lipinski definition) is 2. The van der Waals surface area contributed by atoms with Gasteiger partial charge in [0.1, 0.15) is 0 Å². The van der Waals surface area contributed by atoms with Gasteiger partial charge in [-0.05, 0) is 18.8 Å². The number of hydrogen-bond acceptors (Lipinski definition) is 4. The molecule has 0 atom stereocenters. The van der Waals surface area contributed by atoms with Gasteiger partial charge in [-0.25, -0.2) is 0 Å². The minimum absolute atomic E-state index is 0.158. The summed E-state index contributed by atoms with van der Waals surface area (Å²) in [4.78, 5) is 5.07. The molecule has 1 aliphatic heterocycles. The second-order valence-corrected chi connectivity index (χ2v) is 3.03. The maximum Gasteiger partial charge on any atom is 0.0575 e. The van der Waals surface area contributed by atoms with Gasteiger partial charge in [-0.2, -0.15) is 5.06 Å². The van der Waals surface area contributed by atoms with E-state index in [1.807, 2.05) is 5.06 Å². The summed E-state index contributed by atoms with van der Waals surface area (Å²) in [5.41, 5.74) is 11.1. The molecule has 4 heteroatoms. The highest BCUT2D eigenvalue weighted by Crippen LogP contribution is 2.17. The minimum Gasteiger partial charge on any atom is -0.316 e. The summed E-state index contributed by atoms with van der Waals surface area (Å²) in [7, 11) is 1.70. The third-order valence-electron chi connectivity index (χ3n) is 2.30. The Morgan fingerprint density at radius 3 is 2.27 bits per heavy atom. The Labute approximate surface area is 67.4 Å². The van der Waals surface area contributed by atoms with E-state index in [-0.39, 0.29) is 6.17 Å². The Morgan fingerprint density at radius 2 is 1.91 bits per heavy atom. The average molecular weight is 159 g/mol. The van der Waals surface area contributed by atoms with Crippen LogP contribution in [0.2, 0.25) is 0 Å². The molecule has 0 radical (unpaired) electrons. The summed E-state index contributed by atoms with van der Waals surface area (Å²) in [5, 5.41) is 1.94. The van der Waals surface area contributed by atoms with Crippen LogP contribution in [0.4, 0.5) is 0 Å². The lowest BCUT2D eigenvalue weighted by atomic mass is 9.95. The monoisotopic (exact) mass is 159 g/mol. The highest BCUT2D eigenvalue weighted by molar-refractivity contribution is 4.73. The molecular formula is C7H17N3O. The summed E-state index contributed by atoms with van der Waals surface area (Å²) < 4.78 is 0. The lowest BCUT2D eigenvalue weighted by Crippen LogP contribution is -2.45. The third-order valence-corrected chi connectivity index (χ3v) is 2.30. The summed E-state index contributed by atoms with van der Waals surface area (Å²) in [6.45, 7) is 1.90. The van der Waals surface area contributed by atoms with Crippen LogP contribution < -0.4 is 11.5 Å². The molecule has 1 heterocycles. The van der Waals surface area contributed by atoms with Crippen molar-refractivity contribution in [2.45, 2.75) is 19.0 Å². The lowest BCUT2D eigenvalue weighted by molar-refractivity contribution is -0.148. The van der Waals surface area contributed by atoms with Crippen molar-refractivity contribution in [1.29, 1.82) is 0 Å². The van der Waals surface area contributed by atoms with Crippen molar-refractivity contribution >= 4 is 0 Å². The van der Waals surface area contributed by atoms with Gasteiger partial charge in [0.05, 0.1) is 13.3 Å². The maximum atomic E-state index is 5.57. The fraction of sp³-hybridized carbons (Fsp3) is 1.00. The van der Waals surface area contributed by atoms with Crippen LogP contribution in [0, 0.1) is 5.92 Å². The van der Waals surface area contributed by atoms with E-state index in [9.17, 15) is 0 Å². The van der Waals surface area contributed by atoms with E-state index in [4.69, 9.17) is 16.3 Å². The van der Waals surface area contributed by atoms with E-state index in [2.05, 4.69) is 0 Å². The quantitative estimate of drug-likeness (QED) is 0.533. The Bertz CT molecular complexity index is 110. The molecule has 1 saturated heterocycles. The first-order valence-corrected chi connectivity index (χ1v) is 4.04. The van der Waals surface area contributed by atoms with Crippen LogP contribution in [0.25, 0.3) is 0 Å². The molecule has 1 aliphatic rings. The van der Waals surface area contributed by atoms with Gasteiger partial charge < -0.3 is 16.3 Å². The molecule has 0 aromatic rings. The predicted octanol–water partition coefficient (Wildman–Crippen LogP) is -0.497. The van der Waals surface area contributed by atoms with Crippen molar-refractivity contribution in [1.82, 2.24) is 5.06 Å². The molecule has 0 spiro atoms. The van der Waals surface area contributed by atoms with Crippen molar-refractivity contribution in [3.8, 4) is 0 Å². The van der Waals surface area contributed by atoms with E-state index in [1.54, 1.807) is 7.11 Å². The van der Waals surface area contributed by atoms with Gasteiger partial charge in [0.2, 0.25) is 0 Å². The molecule has 66 valence electrons. The second kappa shape index (κ2) is 4.01. The number of rotatable bonds is 2. The Kier molecular flexibility index (Phi) is 3.26. The molecule has 11 heavy (non-hydrogen) atoms. The highest BCUT2D eigenvalue weighted by Gasteiger charge is 2.21. The first-order valence-electron chi connectivity index (χ1n) is 4.04. The largest absolute Gasteiger partial charge is 0.316 e. The van der Waals surface area contributed by atoms with Crippen molar-refractivity contribution in [3.63, 3.8) is 0 Å². The normalized spacial score (nSPS) is 22.9. The zero-order valence-electron chi connectivity index (χ0n) is 6.99. The van der Waals surface area contributed by atoms with Gasteiger partial charge in [0.15, 0.2) is 0 Å². The van der Waals surface area contributed by atoms with Crippen LogP contribution in [0.15, 0.2) is 0 Å². The fourth-order valence-corrected chi connectivity index (χ4v) is 1.44. The zero-order chi connectivity index (χ0) is 8.27. The van der Waals surface area contributed by atoms with Crippen molar-refractivity contribution in [3.05, 3.63) is 0 Å². The number of nitrogens with two attached hydrogens (primary N) is 2. The first kappa shape index (κ1) is 8.93. The SMILES string of the molecule is CON1CCC(C(N)N)CC1. The van der Waals surface area contributed by atoms with E-state index in [0.717, 1.165) is 25.9 Å². The van der Waals surface area contributed by atoms with Crippen LogP contribution >= 0.6 is 0 Å². The van der Waals surface area contributed by atoms with Gasteiger partial charge in [0, 0.05) is 13.1 Å². The molecule has 0 saturated carbocycles. The predicted molar refractivity (Wildman–Crippen MR) is 43.5 cm³/mol. The van der Waals surface area contributed by atoms with E-state index in [0.29, 0.717) is 5.92 Å². The van der Waals surface area contributed by atoms with Crippen LogP contribution in [0.3, 0.4) is 0 Å². The Balaban J connectivity index is 2.24. The standard InChI is InChI=1S/C7H17N3O/c1-11-10-4-2-6(3-5-10)7(8)9/h6-7H,2-5,8-9H2,1H3. The van der Waals surface area contributed by atoms with Crippen molar-refractivity contribution in [2.75, 3.05) is 20.2 Å². The van der Waals surface area contributed by atoms with Crippen LogP contribution in [0.5, 0.6) is 0 Å². The average Bonchev–Trinajstić information content (AvgIpc) is 2.05. The molecule has 1 rings (SSSR count). The fourth-order valence-electron chi connectivity index (χ4n) is 1.44. The molecular weight excluding hydrogens is 142 g/mol. The molecule has 0 aromatic heterocycles. The Hall–Kier alpha value is -0.160. The molecule has 1 fully saturated rings. The van der Waals surface area contributed by atoms with Crippen LogP contribution in [-0.2, 0) is 4.84 Å². The Morgan fingerprint density at radius 1 is 1.36 bits per heavy atom.